The van der Waals surface area contributed by atoms with E-state index in [9.17, 15) is 9.18 Å². The maximum absolute atomic E-state index is 13.1. The molecule has 1 unspecified atom stereocenters. The molecule has 1 aromatic rings. The first-order chi connectivity index (χ1) is 8.52. The maximum Gasteiger partial charge on any atom is 0.303 e. The van der Waals surface area contributed by atoms with E-state index in [1.54, 1.807) is 6.92 Å². The van der Waals surface area contributed by atoms with Crippen molar-refractivity contribution in [3.8, 4) is 11.8 Å². The number of carbonyl (C=O) groups is 1. The van der Waals surface area contributed by atoms with Crippen molar-refractivity contribution in [3.63, 3.8) is 0 Å². The number of rotatable bonds is 2. The fourth-order valence-electron chi connectivity index (χ4n) is 1.27. The molecule has 0 spiro atoms. The molecule has 1 atom stereocenters. The van der Waals surface area contributed by atoms with Crippen LogP contribution >= 0.6 is 0 Å². The molecule has 94 valence electrons. The van der Waals surface area contributed by atoms with E-state index >= 15 is 0 Å². The van der Waals surface area contributed by atoms with E-state index in [0.29, 0.717) is 11.1 Å². The van der Waals surface area contributed by atoms with Crippen molar-refractivity contribution in [2.75, 3.05) is 0 Å². The van der Waals surface area contributed by atoms with Gasteiger partial charge in [0, 0.05) is 18.1 Å². The first-order valence-electron chi connectivity index (χ1n) is 5.18. The van der Waals surface area contributed by atoms with Crippen molar-refractivity contribution in [2.45, 2.75) is 20.0 Å². The molecule has 0 bridgehead atoms. The Hall–Kier alpha value is -2.35. The zero-order chi connectivity index (χ0) is 13.5. The minimum absolute atomic E-state index is 0.354. The average Bonchev–Trinajstić information content (AvgIpc) is 2.29. The van der Waals surface area contributed by atoms with Gasteiger partial charge in [0.2, 0.25) is 0 Å². The SMILES string of the molecule is CC(=O)OC(C)C#Cc1cc(F)ccc1/C=N\O. The van der Waals surface area contributed by atoms with Crippen LogP contribution in [-0.2, 0) is 9.53 Å². The fourth-order valence-corrected chi connectivity index (χ4v) is 1.27. The molecule has 0 radical (unpaired) electrons. The van der Waals surface area contributed by atoms with Gasteiger partial charge in [-0.1, -0.05) is 17.0 Å². The van der Waals surface area contributed by atoms with E-state index in [1.165, 1.54) is 25.1 Å². The number of oxime groups is 1. The van der Waals surface area contributed by atoms with Gasteiger partial charge in [0.05, 0.1) is 6.21 Å². The summed E-state index contributed by atoms with van der Waals surface area (Å²) in [4.78, 5) is 10.7. The number of hydrogen-bond donors (Lipinski definition) is 1. The molecule has 0 fully saturated rings. The molecule has 18 heavy (non-hydrogen) atoms. The first kappa shape index (κ1) is 13.7. The second-order valence-electron chi connectivity index (χ2n) is 3.50. The summed E-state index contributed by atoms with van der Waals surface area (Å²) in [5, 5.41) is 11.3. The van der Waals surface area contributed by atoms with Crippen LogP contribution in [0.5, 0.6) is 0 Å². The van der Waals surface area contributed by atoms with Gasteiger partial charge in [-0.3, -0.25) is 4.79 Å². The summed E-state index contributed by atoms with van der Waals surface area (Å²) >= 11 is 0. The van der Waals surface area contributed by atoms with Crippen LogP contribution in [-0.4, -0.2) is 23.5 Å². The van der Waals surface area contributed by atoms with Crippen molar-refractivity contribution in [1.29, 1.82) is 0 Å². The molecular weight excluding hydrogens is 237 g/mol. The van der Waals surface area contributed by atoms with Crippen LogP contribution in [0.3, 0.4) is 0 Å². The Balaban J connectivity index is 2.99. The molecule has 0 aliphatic heterocycles. The monoisotopic (exact) mass is 249 g/mol. The number of hydrogen-bond acceptors (Lipinski definition) is 4. The largest absolute Gasteiger partial charge is 0.450 e. The van der Waals surface area contributed by atoms with Crippen molar-refractivity contribution in [3.05, 3.63) is 35.1 Å². The normalized spacial score (nSPS) is 11.7. The smallest absolute Gasteiger partial charge is 0.303 e. The molecule has 1 rings (SSSR count). The van der Waals surface area contributed by atoms with E-state index < -0.39 is 17.9 Å². The van der Waals surface area contributed by atoms with Gasteiger partial charge in [0.15, 0.2) is 6.10 Å². The number of benzene rings is 1. The lowest BCUT2D eigenvalue weighted by Crippen LogP contribution is -2.09. The number of ether oxygens (including phenoxy) is 1. The van der Waals surface area contributed by atoms with Crippen LogP contribution < -0.4 is 0 Å². The minimum Gasteiger partial charge on any atom is -0.450 e. The van der Waals surface area contributed by atoms with Gasteiger partial charge < -0.3 is 9.94 Å². The average molecular weight is 249 g/mol. The van der Waals surface area contributed by atoms with Gasteiger partial charge in [0.1, 0.15) is 5.82 Å². The van der Waals surface area contributed by atoms with Gasteiger partial charge >= 0.3 is 5.97 Å². The van der Waals surface area contributed by atoms with E-state index in [0.717, 1.165) is 6.21 Å². The van der Waals surface area contributed by atoms with E-state index in [1.807, 2.05) is 0 Å². The van der Waals surface area contributed by atoms with Crippen LogP contribution in [0, 0.1) is 17.7 Å². The van der Waals surface area contributed by atoms with Crippen LogP contribution in [0.15, 0.2) is 23.4 Å². The number of nitrogens with zero attached hydrogens (tertiary/aromatic N) is 1. The summed E-state index contributed by atoms with van der Waals surface area (Å²) < 4.78 is 17.9. The van der Waals surface area contributed by atoms with Crippen molar-refractivity contribution >= 4 is 12.2 Å². The molecule has 0 aliphatic carbocycles. The Bertz CT molecular complexity index is 529. The Labute approximate surface area is 104 Å². The molecule has 0 heterocycles. The predicted molar refractivity (Wildman–Crippen MR) is 63.9 cm³/mol. The van der Waals surface area contributed by atoms with Crippen molar-refractivity contribution < 1.29 is 19.1 Å². The highest BCUT2D eigenvalue weighted by Gasteiger charge is 2.02. The number of esters is 1. The highest BCUT2D eigenvalue weighted by atomic mass is 19.1. The zero-order valence-electron chi connectivity index (χ0n) is 9.98. The fraction of sp³-hybridized carbons (Fsp3) is 0.231. The molecule has 4 nitrogen and oxygen atoms in total. The van der Waals surface area contributed by atoms with Crippen LogP contribution in [0.2, 0.25) is 0 Å². The molecule has 0 aliphatic rings. The third kappa shape index (κ3) is 4.26. The first-order valence-corrected chi connectivity index (χ1v) is 5.18. The van der Waals surface area contributed by atoms with Gasteiger partial charge in [0.25, 0.3) is 0 Å². The Morgan fingerprint density at radius 2 is 2.33 bits per heavy atom. The number of carbonyl (C=O) groups excluding carboxylic acids is 1. The maximum atomic E-state index is 13.1. The minimum atomic E-state index is -0.593. The molecule has 0 amide bonds. The van der Waals surface area contributed by atoms with E-state index in [2.05, 4.69) is 17.0 Å². The molecule has 0 saturated carbocycles. The summed E-state index contributed by atoms with van der Waals surface area (Å²) in [6.07, 6.45) is 0.560. The summed E-state index contributed by atoms with van der Waals surface area (Å²) in [7, 11) is 0. The highest BCUT2D eigenvalue weighted by molar-refractivity contribution is 5.83. The van der Waals surface area contributed by atoms with Gasteiger partial charge in [-0.25, -0.2) is 4.39 Å². The Kier molecular flexibility index (Phi) is 4.88. The Morgan fingerprint density at radius 3 is 2.94 bits per heavy atom. The summed E-state index contributed by atoms with van der Waals surface area (Å²) in [5.41, 5.74) is 0.827. The zero-order valence-corrected chi connectivity index (χ0v) is 9.98. The molecular formula is C13H12FNO3. The summed E-state index contributed by atoms with van der Waals surface area (Å²) in [5.74, 6) is 4.44. The van der Waals surface area contributed by atoms with E-state index in [4.69, 9.17) is 9.94 Å². The second kappa shape index (κ2) is 6.40. The van der Waals surface area contributed by atoms with Gasteiger partial charge in [-0.2, -0.15) is 0 Å². The quantitative estimate of drug-likeness (QED) is 0.286. The van der Waals surface area contributed by atoms with Crippen LogP contribution in [0.25, 0.3) is 0 Å². The Morgan fingerprint density at radius 1 is 1.61 bits per heavy atom. The standard InChI is InChI=1S/C13H12FNO3/c1-9(18-10(2)16)3-4-11-7-13(14)6-5-12(11)8-15-17/h5-9,17H,1-2H3/b15-8-. The predicted octanol–water partition coefficient (Wildman–Crippen LogP) is 1.94. The summed E-state index contributed by atoms with van der Waals surface area (Å²) in [6.45, 7) is 2.89. The van der Waals surface area contributed by atoms with Crippen molar-refractivity contribution in [1.82, 2.24) is 0 Å². The molecule has 1 N–H and O–H groups in total. The van der Waals surface area contributed by atoms with Gasteiger partial charge in [-0.05, 0) is 25.1 Å². The lowest BCUT2D eigenvalue weighted by Gasteiger charge is -2.03. The topological polar surface area (TPSA) is 58.9 Å². The van der Waals surface area contributed by atoms with Gasteiger partial charge in [-0.15, -0.1) is 0 Å². The molecule has 1 aromatic carbocycles. The second-order valence-corrected chi connectivity index (χ2v) is 3.50. The third-order valence-electron chi connectivity index (χ3n) is 1.97. The highest BCUT2D eigenvalue weighted by Crippen LogP contribution is 2.08. The van der Waals surface area contributed by atoms with Crippen LogP contribution in [0.1, 0.15) is 25.0 Å². The summed E-state index contributed by atoms with van der Waals surface area (Å²) in [6, 6.07) is 3.89. The van der Waals surface area contributed by atoms with Crippen molar-refractivity contribution in [2.24, 2.45) is 5.16 Å². The van der Waals surface area contributed by atoms with Crippen LogP contribution in [0.4, 0.5) is 4.39 Å². The molecule has 0 aromatic heterocycles. The third-order valence-corrected chi connectivity index (χ3v) is 1.97. The molecule has 0 saturated heterocycles. The van der Waals surface area contributed by atoms with E-state index in [-0.39, 0.29) is 0 Å². The lowest BCUT2D eigenvalue weighted by molar-refractivity contribution is -0.143. The molecule has 5 heteroatoms. The lowest BCUT2D eigenvalue weighted by atomic mass is 10.1. The number of halogens is 1.